The zero-order chi connectivity index (χ0) is 55.5. The van der Waals surface area contributed by atoms with Crippen molar-refractivity contribution in [1.82, 2.24) is 0 Å². The van der Waals surface area contributed by atoms with Crippen molar-refractivity contribution in [3.05, 3.63) is 29.8 Å². The van der Waals surface area contributed by atoms with Gasteiger partial charge < -0.3 is 57.2 Å². The van der Waals surface area contributed by atoms with Crippen molar-refractivity contribution in [2.75, 3.05) is 0 Å². The minimum absolute atomic E-state index is 0.00902. The van der Waals surface area contributed by atoms with Crippen molar-refractivity contribution >= 4 is 71.6 Å². The molecule has 10 atom stereocenters. The minimum atomic E-state index is -1.14. The highest BCUT2D eigenvalue weighted by Crippen LogP contribution is 2.21. The number of para-hydroxylation sites is 1. The van der Waals surface area contributed by atoms with Gasteiger partial charge in [0.15, 0.2) is 0 Å². The minimum Gasteiger partial charge on any atom is -0.481 e. The van der Waals surface area contributed by atoms with E-state index in [1.807, 2.05) is 0 Å². The monoisotopic (exact) mass is 1040 g/mol. The van der Waals surface area contributed by atoms with Gasteiger partial charge in [-0.2, -0.15) is 0 Å². The van der Waals surface area contributed by atoms with Gasteiger partial charge >= 0.3 is 71.6 Å². The fraction of sp³-hybridized carbons (Fsp3) is 0.633. The molecule has 1 N–H and O–H groups in total. The maximum Gasteiger partial charge on any atom is 0.342 e. The molecule has 0 spiro atoms. The van der Waals surface area contributed by atoms with Crippen LogP contribution in [-0.4, -0.2) is 138 Å². The molecular formula is C49H68O24. The molecule has 0 radical (unpaired) electrons. The van der Waals surface area contributed by atoms with Crippen molar-refractivity contribution < 1.29 is 115 Å². The van der Waals surface area contributed by atoms with Crippen molar-refractivity contribution in [3.8, 4) is 5.75 Å². The van der Waals surface area contributed by atoms with Crippen LogP contribution in [0.3, 0.4) is 0 Å². The third kappa shape index (κ3) is 30.4. The number of aliphatic carboxylic acids is 1. The number of carbonyl (C=O) groups is 12. The second kappa shape index (κ2) is 32.8. The third-order valence-corrected chi connectivity index (χ3v) is 9.21. The van der Waals surface area contributed by atoms with Crippen LogP contribution >= 0.6 is 0 Å². The van der Waals surface area contributed by atoms with Crippen LogP contribution in [0, 0.1) is 0 Å². The van der Waals surface area contributed by atoms with Gasteiger partial charge in [-0.3, -0.25) is 52.7 Å². The van der Waals surface area contributed by atoms with Crippen LogP contribution in [0.5, 0.6) is 5.75 Å². The zero-order valence-corrected chi connectivity index (χ0v) is 43.0. The Balaban J connectivity index is 2.35. The molecule has 24 nitrogen and oxygen atoms in total. The Bertz CT molecular complexity index is 2080. The molecule has 0 saturated heterocycles. The predicted octanol–water partition coefficient (Wildman–Crippen LogP) is 4.53. The number of carboxylic acids is 1. The molecule has 0 saturated carbocycles. The molecule has 10 unspecified atom stereocenters. The largest absolute Gasteiger partial charge is 0.481 e. The van der Waals surface area contributed by atoms with Crippen molar-refractivity contribution in [1.29, 1.82) is 0 Å². The molecule has 0 aromatic heterocycles. The van der Waals surface area contributed by atoms with Gasteiger partial charge in [-0.1, -0.05) is 12.1 Å². The Morgan fingerprint density at radius 3 is 0.767 bits per heavy atom. The quantitative estimate of drug-likeness (QED) is 0.0588. The number of carbonyl (C=O) groups excluding carboxylic acids is 11. The second-order valence-electron chi connectivity index (χ2n) is 17.4. The van der Waals surface area contributed by atoms with E-state index in [1.54, 1.807) is 12.1 Å². The summed E-state index contributed by atoms with van der Waals surface area (Å²) in [6.45, 7) is 15.4. The molecule has 0 amide bonds. The number of benzene rings is 1. The van der Waals surface area contributed by atoms with Gasteiger partial charge in [0.1, 0.15) is 72.4 Å². The summed E-state index contributed by atoms with van der Waals surface area (Å²) in [7, 11) is 0. The van der Waals surface area contributed by atoms with E-state index < -0.39 is 139 Å². The molecule has 0 aliphatic rings. The highest BCUT2D eigenvalue weighted by molar-refractivity contribution is 5.93. The molecular weight excluding hydrogens is 973 g/mol. The van der Waals surface area contributed by atoms with E-state index in [0.717, 1.165) is 0 Å². The van der Waals surface area contributed by atoms with Crippen molar-refractivity contribution in [2.45, 2.75) is 201 Å². The smallest absolute Gasteiger partial charge is 0.342 e. The maximum atomic E-state index is 12.6. The highest BCUT2D eigenvalue weighted by atomic mass is 16.6. The number of hydrogen-bond acceptors (Lipinski definition) is 23. The summed E-state index contributed by atoms with van der Waals surface area (Å²) in [5.41, 5.74) is -0.0213. The molecule has 0 bridgehead atoms. The topological polar surface area (TPSA) is 327 Å². The van der Waals surface area contributed by atoms with Crippen LogP contribution in [0.4, 0.5) is 0 Å². The summed E-state index contributed by atoms with van der Waals surface area (Å²) in [5.74, 6) is -9.76. The summed E-state index contributed by atoms with van der Waals surface area (Å²) in [4.78, 5) is 146. The number of hydrogen-bond donors (Lipinski definition) is 1. The van der Waals surface area contributed by atoms with E-state index in [1.165, 1.54) is 88.3 Å². The van der Waals surface area contributed by atoms with Gasteiger partial charge in [0, 0.05) is 6.92 Å². The lowest BCUT2D eigenvalue weighted by molar-refractivity contribution is -0.164. The summed E-state index contributed by atoms with van der Waals surface area (Å²) in [6, 6.07) is 5.90. The summed E-state index contributed by atoms with van der Waals surface area (Å²) < 4.78 is 56.9. The molecule has 408 valence electrons. The average molecular weight is 1040 g/mol. The van der Waals surface area contributed by atoms with Crippen LogP contribution in [-0.2, 0) is 100 Å². The van der Waals surface area contributed by atoms with E-state index in [0.29, 0.717) is 0 Å². The first kappa shape index (κ1) is 63.9. The molecule has 1 rings (SSSR count). The Labute approximate surface area is 422 Å². The molecule has 24 heteroatoms. The van der Waals surface area contributed by atoms with Gasteiger partial charge in [0.05, 0.1) is 64.2 Å². The summed E-state index contributed by atoms with van der Waals surface area (Å²) >= 11 is 0. The number of carboxylic acid groups (broad SMARTS) is 1. The van der Waals surface area contributed by atoms with Crippen LogP contribution in [0.25, 0.3) is 0 Å². The Kier molecular flexibility index (Phi) is 28.7. The van der Waals surface area contributed by atoms with Crippen LogP contribution in [0.15, 0.2) is 24.3 Å². The number of ether oxygens (including phenoxy) is 11. The lowest BCUT2D eigenvalue weighted by Gasteiger charge is -2.19. The van der Waals surface area contributed by atoms with Gasteiger partial charge in [0.2, 0.25) is 0 Å². The summed E-state index contributed by atoms with van der Waals surface area (Å²) in [6.07, 6.45) is -13.2. The molecule has 0 heterocycles. The maximum absolute atomic E-state index is 12.6. The zero-order valence-electron chi connectivity index (χ0n) is 43.0. The lowest BCUT2D eigenvalue weighted by Crippen LogP contribution is -2.28. The van der Waals surface area contributed by atoms with Crippen LogP contribution < -0.4 is 4.74 Å². The van der Waals surface area contributed by atoms with Crippen molar-refractivity contribution in [3.63, 3.8) is 0 Å². The van der Waals surface area contributed by atoms with E-state index in [2.05, 4.69) is 0 Å². The fourth-order valence-electron chi connectivity index (χ4n) is 6.35. The second-order valence-corrected chi connectivity index (χ2v) is 17.4. The molecule has 0 fully saturated rings. The highest BCUT2D eigenvalue weighted by Gasteiger charge is 2.27. The Hall–Kier alpha value is -7.14. The molecule has 73 heavy (non-hydrogen) atoms. The van der Waals surface area contributed by atoms with E-state index in [4.69, 9.17) is 57.2 Å². The number of esters is 11. The molecule has 0 aliphatic heterocycles. The third-order valence-electron chi connectivity index (χ3n) is 9.21. The van der Waals surface area contributed by atoms with Gasteiger partial charge in [-0.15, -0.1) is 0 Å². The first-order chi connectivity index (χ1) is 34.0. The Morgan fingerprint density at radius 1 is 0.342 bits per heavy atom. The van der Waals surface area contributed by atoms with E-state index >= 15 is 0 Å². The molecule has 1 aromatic rings. The first-order valence-electron chi connectivity index (χ1n) is 23.4. The molecule has 1 aromatic carbocycles. The molecule has 0 aliphatic carbocycles. The van der Waals surface area contributed by atoms with E-state index in [9.17, 15) is 57.5 Å². The lowest BCUT2D eigenvalue weighted by atomic mass is 10.2. The van der Waals surface area contributed by atoms with Gasteiger partial charge in [-0.05, 0) is 81.4 Å². The Morgan fingerprint density at radius 2 is 0.548 bits per heavy atom. The number of rotatable bonds is 32. The average Bonchev–Trinajstić information content (AvgIpc) is 3.18. The first-order valence-corrected chi connectivity index (χ1v) is 23.4. The normalized spacial score (nSPS) is 14.9. The van der Waals surface area contributed by atoms with Crippen LogP contribution in [0.1, 0.15) is 151 Å². The van der Waals surface area contributed by atoms with Gasteiger partial charge in [0.25, 0.3) is 0 Å². The SMILES string of the molecule is CC(=O)Oc1ccccc1C(=O)OC(C)CC(=O)OC(C)CC(=O)OC(C)CC(=O)OC(C)CC(=O)OC(C)CC(=O)OC(C)CC(=O)OC(C)CC(=O)OC(C)CC(=O)OC(C)CC(=O)OC(C)CC(=O)O. The van der Waals surface area contributed by atoms with E-state index in [-0.39, 0.29) is 69.1 Å². The van der Waals surface area contributed by atoms with Gasteiger partial charge in [-0.25, -0.2) is 4.79 Å². The van der Waals surface area contributed by atoms with Crippen LogP contribution in [0.2, 0.25) is 0 Å². The summed E-state index contributed by atoms with van der Waals surface area (Å²) in [5, 5.41) is 8.76. The predicted molar refractivity (Wildman–Crippen MR) is 246 cm³/mol. The standard InChI is InChI=1S/C49H68O24/c1-26(16-39(51)52)63-40(53)17-27(2)64-41(54)18-28(3)65-42(55)19-29(4)66-43(56)20-30(5)67-44(57)21-31(6)68-45(58)22-32(7)69-46(59)23-33(8)70-47(60)24-34(9)71-48(61)25-35(10)72-49(62)37-14-12-13-15-38(37)73-36(11)50/h12-15,26-35H,16-25H2,1-11H3,(H,51,52). The fourth-order valence-corrected chi connectivity index (χ4v) is 6.35. The van der Waals surface area contributed by atoms with Crippen molar-refractivity contribution in [2.24, 2.45) is 0 Å².